The molecule has 0 saturated heterocycles. The van der Waals surface area contributed by atoms with Crippen molar-refractivity contribution in [2.75, 3.05) is 0 Å². The minimum atomic E-state index is -6.58. The summed E-state index contributed by atoms with van der Waals surface area (Å²) in [4.78, 5) is 11.5. The van der Waals surface area contributed by atoms with Crippen molar-refractivity contribution in [2.24, 2.45) is 5.92 Å². The van der Waals surface area contributed by atoms with Crippen LogP contribution in [0.15, 0.2) is 0 Å². The fraction of sp³-hybridized carbons (Fsp3) is 0.900. The average molecular weight is 387 g/mol. The molecule has 0 aromatic carbocycles. The van der Waals surface area contributed by atoms with Gasteiger partial charge in [0.05, 0.1) is 0 Å². The Kier molecular flexibility index (Phi) is 5.79. The molecule has 1 aliphatic carbocycles. The molecule has 13 heteroatoms. The van der Waals surface area contributed by atoms with Crippen LogP contribution in [0.5, 0.6) is 0 Å². The maximum absolute atomic E-state index is 13.6. The van der Waals surface area contributed by atoms with Gasteiger partial charge in [-0.15, -0.1) is 0 Å². The van der Waals surface area contributed by atoms with E-state index in [1.54, 1.807) is 0 Å². The monoisotopic (exact) mass is 387 g/mol. The first kappa shape index (κ1) is 20.2. The van der Waals surface area contributed by atoms with Gasteiger partial charge in [-0.1, -0.05) is 36.2 Å². The second-order valence-corrected chi connectivity index (χ2v) is 8.84. The molecule has 0 unspecified atom stereocenters. The lowest BCUT2D eigenvalue weighted by Gasteiger charge is -2.23. The number of Topliss-reactive ketones (excluding diaryl/α,β-unsaturated/α-hetero) is 1. The van der Waals surface area contributed by atoms with Crippen molar-refractivity contribution in [3.05, 3.63) is 0 Å². The van der Waals surface area contributed by atoms with E-state index in [1.165, 1.54) is 0 Å². The quantitative estimate of drug-likeness (QED) is 0.702. The first-order valence-corrected chi connectivity index (χ1v) is 9.43. The number of carbonyl (C=O) groups is 1. The Labute approximate surface area is 129 Å². The molecule has 0 atom stereocenters. The number of sulfonamides is 2. The minimum Gasteiger partial charge on any atom is -0.292 e. The highest BCUT2D eigenvalue weighted by atomic mass is 32.3. The molecule has 1 rings (SSSR count). The third kappa shape index (κ3) is 4.59. The van der Waals surface area contributed by atoms with Crippen molar-refractivity contribution < 1.29 is 43.6 Å². The smallest absolute Gasteiger partial charge is 0.292 e. The van der Waals surface area contributed by atoms with Gasteiger partial charge in [-0.05, 0) is 5.92 Å². The summed E-state index contributed by atoms with van der Waals surface area (Å²) in [7, 11) is -13.0. The summed E-state index contributed by atoms with van der Waals surface area (Å²) < 4.78 is 107. The summed E-state index contributed by atoms with van der Waals surface area (Å²) in [6.45, 7) is 0. The third-order valence-corrected chi connectivity index (χ3v) is 6.65. The second-order valence-electron chi connectivity index (χ2n) is 5.18. The topological polar surface area (TPSA) is 97.4 Å². The van der Waals surface area contributed by atoms with Gasteiger partial charge >= 0.3 is 20.8 Å². The molecule has 0 radical (unpaired) electrons. The Hall–Kier alpha value is -0.820. The molecule has 1 saturated carbocycles. The number of alkyl halides is 5. The van der Waals surface area contributed by atoms with Gasteiger partial charge in [0, 0.05) is 6.42 Å². The van der Waals surface area contributed by atoms with Crippen molar-refractivity contribution in [1.82, 2.24) is 4.13 Å². The Morgan fingerprint density at radius 2 is 1.39 bits per heavy atom. The van der Waals surface area contributed by atoms with Gasteiger partial charge in [-0.3, -0.25) is 4.79 Å². The van der Waals surface area contributed by atoms with E-state index in [-0.39, 0.29) is 4.13 Å². The fourth-order valence-electron chi connectivity index (χ4n) is 2.17. The zero-order valence-electron chi connectivity index (χ0n) is 11.6. The van der Waals surface area contributed by atoms with Crippen LogP contribution in [0.25, 0.3) is 0 Å². The van der Waals surface area contributed by atoms with E-state index in [0.29, 0.717) is 25.7 Å². The largest absolute Gasteiger partial charge is 0.512 e. The molecular weight excluding hydrogens is 373 g/mol. The van der Waals surface area contributed by atoms with Crippen molar-refractivity contribution in [3.63, 3.8) is 0 Å². The molecule has 23 heavy (non-hydrogen) atoms. The van der Waals surface area contributed by atoms with Crippen LogP contribution in [0.2, 0.25) is 0 Å². The second kappa shape index (κ2) is 6.59. The van der Waals surface area contributed by atoms with Crippen LogP contribution in [-0.4, -0.2) is 33.4 Å². The predicted octanol–water partition coefficient (Wildman–Crippen LogP) is 1.89. The molecule has 0 aromatic heterocycles. The Morgan fingerprint density at radius 1 is 0.913 bits per heavy atom. The van der Waals surface area contributed by atoms with Crippen molar-refractivity contribution in [1.29, 1.82) is 0 Å². The van der Waals surface area contributed by atoms with Crippen LogP contribution in [0.4, 0.5) is 22.0 Å². The number of halogens is 5. The molecular formula is C10H14F5NO5S2. The van der Waals surface area contributed by atoms with E-state index in [9.17, 15) is 43.6 Å². The number of carbonyl (C=O) groups excluding carboxylic acids is 1. The number of rotatable bonds is 6. The predicted molar refractivity (Wildman–Crippen MR) is 68.2 cm³/mol. The van der Waals surface area contributed by atoms with E-state index >= 15 is 0 Å². The molecule has 0 bridgehead atoms. The van der Waals surface area contributed by atoms with Gasteiger partial charge in [-0.2, -0.15) is 22.0 Å². The van der Waals surface area contributed by atoms with Crippen molar-refractivity contribution in [2.45, 2.75) is 49.3 Å². The van der Waals surface area contributed by atoms with Gasteiger partial charge in [-0.25, -0.2) is 16.8 Å². The highest BCUT2D eigenvalue weighted by Crippen LogP contribution is 2.32. The summed E-state index contributed by atoms with van der Waals surface area (Å²) in [5, 5.41) is -5.28. The van der Waals surface area contributed by atoms with Crippen molar-refractivity contribution in [3.8, 4) is 0 Å². The van der Waals surface area contributed by atoms with Gasteiger partial charge in [0.25, 0.3) is 10.0 Å². The standard InChI is InChI=1S/C10H14F5NO5S2/c11-9(12,8(17)6-7-4-2-1-3-5-7)22(18,19)16-23(20,21)10(13,14)15/h7,16H,1-6H2. The maximum Gasteiger partial charge on any atom is 0.512 e. The molecule has 0 aliphatic heterocycles. The van der Waals surface area contributed by atoms with Gasteiger partial charge in [0.15, 0.2) is 0 Å². The summed E-state index contributed by atoms with van der Waals surface area (Å²) in [5.74, 6) is -2.63. The first-order chi connectivity index (χ1) is 10.2. The summed E-state index contributed by atoms with van der Waals surface area (Å²) in [5.41, 5.74) is -6.11. The molecule has 1 aliphatic rings. The number of hydrogen-bond acceptors (Lipinski definition) is 5. The molecule has 1 fully saturated rings. The Bertz CT molecular complexity index is 650. The van der Waals surface area contributed by atoms with Crippen LogP contribution >= 0.6 is 0 Å². The van der Waals surface area contributed by atoms with Crippen LogP contribution < -0.4 is 4.13 Å². The SMILES string of the molecule is O=C(CC1CCCCC1)C(F)(F)S(=O)(=O)NS(=O)(=O)C(F)(F)F. The normalized spacial score (nSPS) is 18.8. The molecule has 1 N–H and O–H groups in total. The lowest BCUT2D eigenvalue weighted by Crippen LogP contribution is -2.50. The Morgan fingerprint density at radius 3 is 1.83 bits per heavy atom. The van der Waals surface area contributed by atoms with Gasteiger partial charge in [0.1, 0.15) is 0 Å². The first-order valence-electron chi connectivity index (χ1n) is 6.46. The molecule has 0 amide bonds. The molecule has 0 heterocycles. The maximum atomic E-state index is 13.6. The lowest BCUT2D eigenvalue weighted by molar-refractivity contribution is -0.134. The van der Waals surface area contributed by atoms with Gasteiger partial charge < -0.3 is 0 Å². The van der Waals surface area contributed by atoms with E-state index < -0.39 is 48.9 Å². The molecule has 0 spiro atoms. The summed E-state index contributed by atoms with van der Waals surface area (Å²) in [6.07, 6.45) is 2.14. The summed E-state index contributed by atoms with van der Waals surface area (Å²) in [6, 6.07) is 0. The van der Waals surface area contributed by atoms with Crippen LogP contribution in [0.1, 0.15) is 38.5 Å². The minimum absolute atomic E-state index is 0.120. The molecule has 0 aromatic rings. The zero-order chi connectivity index (χ0) is 18.1. The lowest BCUT2D eigenvalue weighted by atomic mass is 9.86. The number of nitrogens with one attached hydrogen (secondary N) is 1. The van der Waals surface area contributed by atoms with Crippen LogP contribution in [0.3, 0.4) is 0 Å². The molecule has 6 nitrogen and oxygen atoms in total. The third-order valence-electron chi connectivity index (χ3n) is 3.39. The zero-order valence-corrected chi connectivity index (χ0v) is 13.2. The van der Waals surface area contributed by atoms with Crippen LogP contribution in [0, 0.1) is 5.92 Å². The van der Waals surface area contributed by atoms with Crippen LogP contribution in [-0.2, 0) is 24.8 Å². The highest BCUT2D eigenvalue weighted by Gasteiger charge is 2.58. The van der Waals surface area contributed by atoms with E-state index in [0.717, 1.165) is 6.42 Å². The molecule has 136 valence electrons. The van der Waals surface area contributed by atoms with Crippen molar-refractivity contribution >= 4 is 25.8 Å². The number of hydrogen-bond donors (Lipinski definition) is 1. The summed E-state index contributed by atoms with van der Waals surface area (Å²) >= 11 is 0. The van der Waals surface area contributed by atoms with E-state index in [1.807, 2.05) is 0 Å². The average Bonchev–Trinajstić information content (AvgIpc) is 2.37. The van der Waals surface area contributed by atoms with E-state index in [4.69, 9.17) is 0 Å². The number of ketones is 1. The van der Waals surface area contributed by atoms with Gasteiger partial charge in [0.2, 0.25) is 5.78 Å². The van der Waals surface area contributed by atoms with E-state index in [2.05, 4.69) is 0 Å². The Balaban J connectivity index is 2.94. The fourth-order valence-corrected chi connectivity index (χ4v) is 4.50. The highest BCUT2D eigenvalue weighted by molar-refractivity contribution is 8.05.